The molecule has 5 rings (SSSR count). The molecule has 0 aromatic heterocycles. The number of halogens is 3. The Labute approximate surface area is 239 Å². The summed E-state index contributed by atoms with van der Waals surface area (Å²) in [6, 6.07) is 19.1. The smallest absolute Gasteiger partial charge is 0.176 e. The lowest BCUT2D eigenvalue weighted by atomic mass is 9.91. The first kappa shape index (κ1) is 28.9. The number of benzene rings is 3. The summed E-state index contributed by atoms with van der Waals surface area (Å²) < 4.78 is 59.0. The Bertz CT molecular complexity index is 1460. The van der Waals surface area contributed by atoms with Crippen molar-refractivity contribution in [2.24, 2.45) is 0 Å². The van der Waals surface area contributed by atoms with Crippen molar-refractivity contribution in [3.8, 4) is 0 Å². The molecule has 3 aromatic rings. The van der Waals surface area contributed by atoms with Crippen LogP contribution in [0.25, 0.3) is 4.91 Å². The van der Waals surface area contributed by atoms with Crippen LogP contribution >= 0.6 is 11.6 Å². The summed E-state index contributed by atoms with van der Waals surface area (Å²) in [6.45, 7) is 3.42. The summed E-state index contributed by atoms with van der Waals surface area (Å²) in [4.78, 5) is 4.60. The normalized spacial score (nSPS) is 18.0. The van der Waals surface area contributed by atoms with Crippen molar-refractivity contribution in [2.45, 2.75) is 24.9 Å². The summed E-state index contributed by atoms with van der Waals surface area (Å²) in [5.74, 6) is -1.62. The topological polar surface area (TPSA) is 49.9 Å². The molecule has 9 heteroatoms. The number of rotatable bonds is 9. The number of likely N-dealkylation sites (tertiary alicyclic amines) is 2. The molecule has 0 radical (unpaired) electrons. The summed E-state index contributed by atoms with van der Waals surface area (Å²) in [5.41, 5.74) is 3.92. The first-order chi connectivity index (χ1) is 19.1. The number of hydrogen-bond acceptors (Lipinski definition) is 5. The first-order valence-electron chi connectivity index (χ1n) is 13.3. The zero-order valence-electron chi connectivity index (χ0n) is 22.6. The zero-order chi connectivity index (χ0) is 28.4. The fraction of sp³-hybridized carbons (Fsp3) is 0.355. The van der Waals surface area contributed by atoms with Crippen LogP contribution in [-0.4, -0.2) is 64.4 Å². The van der Waals surface area contributed by atoms with Crippen molar-refractivity contribution in [3.63, 3.8) is 0 Å². The molecule has 40 heavy (non-hydrogen) atoms. The second kappa shape index (κ2) is 12.1. The van der Waals surface area contributed by atoms with Crippen molar-refractivity contribution in [1.82, 2.24) is 9.80 Å². The molecule has 0 saturated carbocycles. The molecule has 0 bridgehead atoms. The number of methoxy groups -OCH3 is 1. The minimum atomic E-state index is -3.74. The Morgan fingerprint density at radius 2 is 1.40 bits per heavy atom. The molecule has 2 saturated heterocycles. The summed E-state index contributed by atoms with van der Waals surface area (Å²) in [7, 11) is -2.01. The Hall–Kier alpha value is -2.62. The van der Waals surface area contributed by atoms with Gasteiger partial charge in [-0.1, -0.05) is 48.0 Å². The summed E-state index contributed by atoms with van der Waals surface area (Å²) in [6.07, 6.45) is 3.46. The molecule has 2 aliphatic heterocycles. The van der Waals surface area contributed by atoms with Gasteiger partial charge in [0.1, 0.15) is 11.6 Å². The van der Waals surface area contributed by atoms with Crippen LogP contribution < -0.4 is 0 Å². The molecule has 2 atom stereocenters. The minimum absolute atomic E-state index is 0.0135. The Kier molecular flexibility index (Phi) is 8.73. The van der Waals surface area contributed by atoms with E-state index in [2.05, 4.69) is 34.1 Å². The van der Waals surface area contributed by atoms with E-state index in [9.17, 15) is 17.2 Å². The van der Waals surface area contributed by atoms with E-state index in [1.807, 2.05) is 24.3 Å². The summed E-state index contributed by atoms with van der Waals surface area (Å²) >= 11 is 6.18. The van der Waals surface area contributed by atoms with Gasteiger partial charge in [0.05, 0.1) is 23.6 Å². The van der Waals surface area contributed by atoms with Crippen LogP contribution in [0, 0.1) is 11.6 Å². The quantitative estimate of drug-likeness (QED) is 0.296. The molecule has 2 fully saturated rings. The maximum absolute atomic E-state index is 14.0. The molecule has 2 aliphatic rings. The van der Waals surface area contributed by atoms with Gasteiger partial charge in [0.15, 0.2) is 9.84 Å². The van der Waals surface area contributed by atoms with Gasteiger partial charge in [-0.15, -0.1) is 0 Å². The van der Waals surface area contributed by atoms with Gasteiger partial charge in [0.2, 0.25) is 0 Å². The molecular weight excluding hydrogens is 554 g/mol. The van der Waals surface area contributed by atoms with E-state index in [-0.39, 0.29) is 22.6 Å². The van der Waals surface area contributed by atoms with E-state index in [1.165, 1.54) is 18.4 Å². The Morgan fingerprint density at radius 3 is 1.93 bits per heavy atom. The lowest BCUT2D eigenvalue weighted by Crippen LogP contribution is -2.44. The maximum atomic E-state index is 14.0. The van der Waals surface area contributed by atoms with Crippen LogP contribution in [0.15, 0.2) is 72.3 Å². The zero-order valence-corrected chi connectivity index (χ0v) is 24.2. The molecule has 5 nitrogen and oxygen atoms in total. The molecule has 0 amide bonds. The van der Waals surface area contributed by atoms with Gasteiger partial charge in [-0.2, -0.15) is 0 Å². The fourth-order valence-corrected chi connectivity index (χ4v) is 7.24. The Balaban J connectivity index is 1.48. The molecule has 1 unspecified atom stereocenters. The Morgan fingerprint density at radius 1 is 0.875 bits per heavy atom. The van der Waals surface area contributed by atoms with E-state index in [1.54, 1.807) is 7.11 Å². The molecule has 212 valence electrons. The van der Waals surface area contributed by atoms with Gasteiger partial charge in [-0.05, 0) is 78.0 Å². The second-order valence-corrected chi connectivity index (χ2v) is 13.0. The van der Waals surface area contributed by atoms with E-state index in [4.69, 9.17) is 16.3 Å². The molecule has 3 aromatic carbocycles. The van der Waals surface area contributed by atoms with Crippen molar-refractivity contribution < 1.29 is 21.9 Å². The van der Waals surface area contributed by atoms with E-state index in [0.29, 0.717) is 30.3 Å². The van der Waals surface area contributed by atoms with Crippen LogP contribution in [0.1, 0.15) is 47.2 Å². The van der Waals surface area contributed by atoms with Crippen molar-refractivity contribution in [1.29, 1.82) is 0 Å². The van der Waals surface area contributed by atoms with Crippen LogP contribution in [-0.2, 0) is 14.6 Å². The minimum Gasteiger partial charge on any atom is -0.383 e. The van der Waals surface area contributed by atoms with Crippen molar-refractivity contribution >= 4 is 26.3 Å². The maximum Gasteiger partial charge on any atom is 0.176 e. The van der Waals surface area contributed by atoms with Crippen molar-refractivity contribution in [2.75, 3.05) is 46.2 Å². The third-order valence-electron chi connectivity index (χ3n) is 7.70. The lowest BCUT2D eigenvalue weighted by Gasteiger charge is -2.42. The molecule has 0 spiro atoms. The third kappa shape index (κ3) is 6.31. The van der Waals surface area contributed by atoms with Gasteiger partial charge in [0.25, 0.3) is 0 Å². The highest BCUT2D eigenvalue weighted by molar-refractivity contribution is 8.00. The molecule has 0 N–H and O–H groups in total. The fourth-order valence-electron chi connectivity index (χ4n) is 5.92. The highest BCUT2D eigenvalue weighted by atomic mass is 35.5. The first-order valence-corrected chi connectivity index (χ1v) is 15.6. The average Bonchev–Trinajstić information content (AvgIpc) is 3.41. The van der Waals surface area contributed by atoms with E-state index in [0.717, 1.165) is 48.7 Å². The average molecular weight is 587 g/mol. The van der Waals surface area contributed by atoms with Crippen LogP contribution in [0.4, 0.5) is 8.78 Å². The molecular formula is C31H33ClF2N2O3S. The largest absolute Gasteiger partial charge is 0.383 e. The summed E-state index contributed by atoms with van der Waals surface area (Å²) in [5, 5.41) is 0.627. The third-order valence-corrected chi connectivity index (χ3v) is 9.22. The van der Waals surface area contributed by atoms with Gasteiger partial charge in [-0.3, -0.25) is 9.80 Å². The lowest BCUT2D eigenvalue weighted by molar-refractivity contribution is 0.105. The SMILES string of the molecule is COC[C@H](c1ccc(C(c2ccc(Cl)cc2)N2CC(=C(c3cc(F)cc(F)c3)S(C)(=O)=O)C2)cc1)N1CCCC1. The number of nitrogens with zero attached hydrogens (tertiary/aromatic N) is 2. The van der Waals surface area contributed by atoms with Crippen LogP contribution in [0.5, 0.6) is 0 Å². The van der Waals surface area contributed by atoms with Crippen molar-refractivity contribution in [3.05, 3.63) is 111 Å². The number of ether oxygens (including phenoxy) is 1. The monoisotopic (exact) mass is 586 g/mol. The van der Waals surface area contributed by atoms with E-state index >= 15 is 0 Å². The van der Waals surface area contributed by atoms with Gasteiger partial charge >= 0.3 is 0 Å². The molecule has 2 heterocycles. The van der Waals surface area contributed by atoms with E-state index < -0.39 is 21.5 Å². The highest BCUT2D eigenvalue weighted by Gasteiger charge is 2.35. The van der Waals surface area contributed by atoms with Gasteiger partial charge in [-0.25, -0.2) is 17.2 Å². The number of hydrogen-bond donors (Lipinski definition) is 0. The number of sulfone groups is 1. The standard InChI is InChI=1S/C31H33ClF2N2O3S/c1-39-20-29(35-13-3-4-14-35)21-5-7-22(8-6-21)30(23-9-11-26(32)12-10-23)36-18-25(19-36)31(40(2,37)38)24-15-27(33)17-28(34)16-24/h5-12,15-17,29-30H,3-4,13-14,18-20H2,1-2H3/t29-,30?/m1/s1. The van der Waals surface area contributed by atoms with Crippen LogP contribution in [0.3, 0.4) is 0 Å². The predicted octanol–water partition coefficient (Wildman–Crippen LogP) is 6.26. The van der Waals surface area contributed by atoms with Crippen LogP contribution in [0.2, 0.25) is 5.02 Å². The van der Waals surface area contributed by atoms with Gasteiger partial charge in [0, 0.05) is 37.5 Å². The molecule has 0 aliphatic carbocycles. The van der Waals surface area contributed by atoms with Gasteiger partial charge < -0.3 is 4.74 Å². The predicted molar refractivity (Wildman–Crippen MR) is 155 cm³/mol. The second-order valence-electron chi connectivity index (χ2n) is 10.6. The highest BCUT2D eigenvalue weighted by Crippen LogP contribution is 2.39.